The second-order valence-corrected chi connectivity index (χ2v) is 5.28. The van der Waals surface area contributed by atoms with Crippen molar-refractivity contribution in [1.29, 1.82) is 0 Å². The lowest BCUT2D eigenvalue weighted by Crippen LogP contribution is -2.10. The van der Waals surface area contributed by atoms with Crippen LogP contribution in [0.1, 0.15) is 43.0 Å². The Morgan fingerprint density at radius 3 is 2.63 bits per heavy atom. The van der Waals surface area contributed by atoms with E-state index in [0.717, 1.165) is 42.8 Å². The summed E-state index contributed by atoms with van der Waals surface area (Å²) in [5.41, 5.74) is 1.82. The number of ether oxygens (including phenoxy) is 2. The van der Waals surface area contributed by atoms with E-state index in [1.807, 2.05) is 12.1 Å². The van der Waals surface area contributed by atoms with Gasteiger partial charge in [-0.15, -0.1) is 0 Å². The molecule has 2 aliphatic heterocycles. The normalized spacial score (nSPS) is 24.0. The first-order valence-corrected chi connectivity index (χ1v) is 7.04. The fraction of sp³-hybridized carbons (Fsp3) is 0.600. The highest BCUT2D eigenvalue weighted by Gasteiger charge is 2.25. The average Bonchev–Trinajstić information content (AvgIpc) is 2.83. The summed E-state index contributed by atoms with van der Waals surface area (Å²) in [7, 11) is 0. The molecule has 2 atom stereocenters. The quantitative estimate of drug-likeness (QED) is 0.891. The molecule has 0 saturated carbocycles. The highest BCUT2D eigenvalue weighted by Crippen LogP contribution is 2.40. The van der Waals surface area contributed by atoms with E-state index in [0.29, 0.717) is 24.9 Å². The van der Waals surface area contributed by atoms with Gasteiger partial charge in [-0.2, -0.15) is 0 Å². The first-order chi connectivity index (χ1) is 9.25. The van der Waals surface area contributed by atoms with Gasteiger partial charge < -0.3 is 14.8 Å². The number of fused-ring (bicyclic) bond motifs is 1. The molecule has 0 amide bonds. The molecule has 0 radical (unpaired) electrons. The van der Waals surface area contributed by atoms with Gasteiger partial charge >= 0.3 is 0 Å². The molecule has 2 heterocycles. The summed E-state index contributed by atoms with van der Waals surface area (Å²) in [5.74, 6) is 1.83. The maximum absolute atomic E-state index is 13.9. The molecule has 3 nitrogen and oxygen atoms in total. The van der Waals surface area contributed by atoms with Crippen LogP contribution in [0.4, 0.5) is 4.39 Å². The van der Waals surface area contributed by atoms with Gasteiger partial charge in [-0.1, -0.05) is 0 Å². The molecule has 0 aromatic heterocycles. The number of halogens is 1. The highest BCUT2D eigenvalue weighted by atomic mass is 19.1. The number of benzene rings is 1. The van der Waals surface area contributed by atoms with Crippen LogP contribution in [0.2, 0.25) is 0 Å². The van der Waals surface area contributed by atoms with E-state index in [-0.39, 0.29) is 0 Å². The van der Waals surface area contributed by atoms with Crippen molar-refractivity contribution in [2.75, 3.05) is 26.3 Å². The number of hydrogen-bond acceptors (Lipinski definition) is 3. The summed E-state index contributed by atoms with van der Waals surface area (Å²) >= 11 is 0. The molecule has 1 aromatic rings. The van der Waals surface area contributed by atoms with Crippen molar-refractivity contribution < 1.29 is 13.9 Å². The van der Waals surface area contributed by atoms with E-state index in [1.54, 1.807) is 6.92 Å². The van der Waals surface area contributed by atoms with Gasteiger partial charge in [0.1, 0.15) is 6.17 Å². The Balaban J connectivity index is 2.02. The van der Waals surface area contributed by atoms with Gasteiger partial charge in [0.05, 0.1) is 13.2 Å². The van der Waals surface area contributed by atoms with Crippen LogP contribution in [0.5, 0.6) is 11.5 Å². The predicted molar refractivity (Wildman–Crippen MR) is 71.8 cm³/mol. The lowest BCUT2D eigenvalue weighted by atomic mass is 9.91. The third kappa shape index (κ3) is 2.54. The Hall–Kier alpha value is -1.29. The molecule has 1 fully saturated rings. The van der Waals surface area contributed by atoms with Gasteiger partial charge in [-0.3, -0.25) is 0 Å². The van der Waals surface area contributed by atoms with Crippen molar-refractivity contribution >= 4 is 0 Å². The minimum atomic E-state index is -0.979. The van der Waals surface area contributed by atoms with Crippen LogP contribution >= 0.6 is 0 Å². The van der Waals surface area contributed by atoms with Crippen molar-refractivity contribution in [2.45, 2.75) is 31.9 Å². The van der Waals surface area contributed by atoms with Crippen LogP contribution in [-0.4, -0.2) is 26.3 Å². The lowest BCUT2D eigenvalue weighted by Gasteiger charge is -2.19. The SMILES string of the molecule is CC(F)c1cc2c(cc1C1CCNC1)OCCCO2. The summed E-state index contributed by atoms with van der Waals surface area (Å²) in [6.45, 7) is 4.81. The molecule has 4 heteroatoms. The van der Waals surface area contributed by atoms with Gasteiger partial charge in [0.25, 0.3) is 0 Å². The molecule has 0 bridgehead atoms. The third-order valence-electron chi connectivity index (χ3n) is 3.88. The van der Waals surface area contributed by atoms with Gasteiger partial charge in [0.2, 0.25) is 0 Å². The molecule has 0 aliphatic carbocycles. The Morgan fingerprint density at radius 1 is 1.26 bits per heavy atom. The first-order valence-electron chi connectivity index (χ1n) is 7.04. The van der Waals surface area contributed by atoms with Crippen LogP contribution in [-0.2, 0) is 0 Å². The number of hydrogen-bond donors (Lipinski definition) is 1. The van der Waals surface area contributed by atoms with Crippen molar-refractivity contribution in [1.82, 2.24) is 5.32 Å². The Labute approximate surface area is 113 Å². The molecule has 0 spiro atoms. The third-order valence-corrected chi connectivity index (χ3v) is 3.88. The first kappa shape index (κ1) is 12.7. The summed E-state index contributed by atoms with van der Waals surface area (Å²) in [5, 5.41) is 3.33. The average molecular weight is 265 g/mol. The summed E-state index contributed by atoms with van der Waals surface area (Å²) in [6.07, 6.45) is 0.947. The van der Waals surface area contributed by atoms with Gasteiger partial charge in [0.15, 0.2) is 11.5 Å². The largest absolute Gasteiger partial charge is 0.490 e. The smallest absolute Gasteiger partial charge is 0.161 e. The minimum absolute atomic E-state index is 0.380. The van der Waals surface area contributed by atoms with Crippen molar-refractivity contribution in [3.05, 3.63) is 23.3 Å². The van der Waals surface area contributed by atoms with Crippen LogP contribution in [0, 0.1) is 0 Å². The summed E-state index contributed by atoms with van der Waals surface area (Å²) < 4.78 is 25.3. The number of nitrogens with one attached hydrogen (secondary N) is 1. The van der Waals surface area contributed by atoms with Gasteiger partial charge in [0, 0.05) is 13.0 Å². The Bertz CT molecular complexity index is 456. The van der Waals surface area contributed by atoms with E-state index >= 15 is 0 Å². The van der Waals surface area contributed by atoms with E-state index in [1.165, 1.54) is 0 Å². The van der Waals surface area contributed by atoms with Crippen molar-refractivity contribution in [3.63, 3.8) is 0 Å². The molecular weight excluding hydrogens is 245 g/mol. The van der Waals surface area contributed by atoms with E-state index in [9.17, 15) is 4.39 Å². The van der Waals surface area contributed by atoms with Gasteiger partial charge in [-0.25, -0.2) is 4.39 Å². The second kappa shape index (κ2) is 5.37. The van der Waals surface area contributed by atoms with Gasteiger partial charge in [-0.05, 0) is 49.1 Å². The topological polar surface area (TPSA) is 30.5 Å². The molecule has 1 N–H and O–H groups in total. The van der Waals surface area contributed by atoms with Crippen LogP contribution in [0.25, 0.3) is 0 Å². The van der Waals surface area contributed by atoms with Crippen LogP contribution < -0.4 is 14.8 Å². The standard InChI is InChI=1S/C15H20FNO2/c1-10(16)12-7-14-15(19-6-2-5-18-14)8-13(12)11-3-4-17-9-11/h7-8,10-11,17H,2-6,9H2,1H3. The van der Waals surface area contributed by atoms with Crippen molar-refractivity contribution in [3.8, 4) is 11.5 Å². The molecule has 1 aromatic carbocycles. The fourth-order valence-corrected chi connectivity index (χ4v) is 2.86. The monoisotopic (exact) mass is 265 g/mol. The zero-order valence-electron chi connectivity index (χ0n) is 11.2. The number of rotatable bonds is 2. The second-order valence-electron chi connectivity index (χ2n) is 5.28. The molecule has 2 aliphatic rings. The zero-order valence-corrected chi connectivity index (χ0v) is 11.2. The molecular formula is C15H20FNO2. The number of alkyl halides is 1. The lowest BCUT2D eigenvalue weighted by molar-refractivity contribution is 0.296. The summed E-state index contributed by atoms with van der Waals surface area (Å²) in [6, 6.07) is 3.82. The summed E-state index contributed by atoms with van der Waals surface area (Å²) in [4.78, 5) is 0. The fourth-order valence-electron chi connectivity index (χ4n) is 2.86. The molecule has 2 unspecified atom stereocenters. The van der Waals surface area contributed by atoms with Crippen LogP contribution in [0.3, 0.4) is 0 Å². The van der Waals surface area contributed by atoms with E-state index < -0.39 is 6.17 Å². The van der Waals surface area contributed by atoms with E-state index in [4.69, 9.17) is 9.47 Å². The molecule has 1 saturated heterocycles. The molecule has 3 rings (SSSR count). The molecule has 104 valence electrons. The highest BCUT2D eigenvalue weighted by molar-refractivity contribution is 5.50. The Morgan fingerprint density at radius 2 is 2.00 bits per heavy atom. The van der Waals surface area contributed by atoms with E-state index in [2.05, 4.69) is 5.32 Å². The van der Waals surface area contributed by atoms with Crippen molar-refractivity contribution in [2.24, 2.45) is 0 Å². The molecule has 19 heavy (non-hydrogen) atoms. The minimum Gasteiger partial charge on any atom is -0.490 e. The maximum Gasteiger partial charge on any atom is 0.161 e. The zero-order chi connectivity index (χ0) is 13.2. The Kier molecular flexibility index (Phi) is 3.60. The maximum atomic E-state index is 13.9. The predicted octanol–water partition coefficient (Wildman–Crippen LogP) is 2.96. The van der Waals surface area contributed by atoms with Crippen LogP contribution in [0.15, 0.2) is 12.1 Å².